The number of hydrogen-bond acceptors (Lipinski definition) is 3. The zero-order chi connectivity index (χ0) is 13.2. The molecule has 0 aliphatic carbocycles. The molecule has 1 N–H and O–H groups in total. The quantitative estimate of drug-likeness (QED) is 0.905. The van der Waals surface area contributed by atoms with Gasteiger partial charge in [0, 0.05) is 19.0 Å². The van der Waals surface area contributed by atoms with E-state index in [2.05, 4.69) is 21.9 Å². The van der Waals surface area contributed by atoms with Crippen LogP contribution in [0.2, 0.25) is 0 Å². The fourth-order valence-electron chi connectivity index (χ4n) is 2.94. The Kier molecular flexibility index (Phi) is 3.38. The molecule has 0 amide bonds. The molecule has 2 aromatic rings. The molecule has 0 spiro atoms. The lowest BCUT2D eigenvalue weighted by Crippen LogP contribution is -2.36. The van der Waals surface area contributed by atoms with E-state index in [4.69, 9.17) is 0 Å². The van der Waals surface area contributed by atoms with Gasteiger partial charge in [0.2, 0.25) is 0 Å². The molecule has 19 heavy (non-hydrogen) atoms. The van der Waals surface area contributed by atoms with Gasteiger partial charge in [-0.05, 0) is 37.9 Å². The average Bonchev–Trinajstić information content (AvgIpc) is 2.83. The van der Waals surface area contributed by atoms with Gasteiger partial charge in [-0.25, -0.2) is 9.50 Å². The Morgan fingerprint density at radius 3 is 3.16 bits per heavy atom. The highest BCUT2D eigenvalue weighted by Gasteiger charge is 2.20. The van der Waals surface area contributed by atoms with E-state index in [0.717, 1.165) is 25.3 Å². The molecule has 5 heteroatoms. The highest BCUT2D eigenvalue weighted by atomic mass is 16.1. The predicted molar refractivity (Wildman–Crippen MR) is 74.4 cm³/mol. The molecule has 102 valence electrons. The summed E-state index contributed by atoms with van der Waals surface area (Å²) in [4.78, 5) is 18.7. The number of hydrogen-bond donors (Lipinski definition) is 1. The van der Waals surface area contributed by atoms with E-state index in [-0.39, 0.29) is 5.56 Å². The third kappa shape index (κ3) is 2.56. The number of H-pyrrole nitrogens is 1. The number of fused-ring (bicyclic) bond motifs is 1. The van der Waals surface area contributed by atoms with Crippen LogP contribution in [-0.2, 0) is 6.42 Å². The van der Waals surface area contributed by atoms with Crippen molar-refractivity contribution in [2.45, 2.75) is 26.2 Å². The van der Waals surface area contributed by atoms with Gasteiger partial charge >= 0.3 is 0 Å². The Bertz CT molecular complexity index is 615. The van der Waals surface area contributed by atoms with Crippen molar-refractivity contribution in [2.75, 3.05) is 19.6 Å². The third-order valence-corrected chi connectivity index (χ3v) is 3.96. The second kappa shape index (κ2) is 5.17. The lowest BCUT2D eigenvalue weighted by molar-refractivity contribution is 0.181. The Hall–Kier alpha value is -1.62. The van der Waals surface area contributed by atoms with Crippen LogP contribution in [0.1, 0.15) is 25.6 Å². The van der Waals surface area contributed by atoms with E-state index >= 15 is 0 Å². The Morgan fingerprint density at radius 2 is 2.37 bits per heavy atom. The molecule has 1 fully saturated rings. The van der Waals surface area contributed by atoms with Crippen LogP contribution in [0.5, 0.6) is 0 Å². The minimum atomic E-state index is -0.0462. The van der Waals surface area contributed by atoms with Crippen molar-refractivity contribution in [3.8, 4) is 0 Å². The van der Waals surface area contributed by atoms with Gasteiger partial charge in [0.05, 0.1) is 0 Å². The molecular weight excluding hydrogens is 240 g/mol. The van der Waals surface area contributed by atoms with Gasteiger partial charge in [-0.15, -0.1) is 0 Å². The van der Waals surface area contributed by atoms with Crippen LogP contribution in [0.25, 0.3) is 5.65 Å². The molecule has 0 aromatic carbocycles. The first-order valence-corrected chi connectivity index (χ1v) is 7.05. The largest absolute Gasteiger partial charge is 0.303 e. The van der Waals surface area contributed by atoms with Crippen molar-refractivity contribution in [3.05, 3.63) is 34.4 Å². The highest BCUT2D eigenvalue weighted by molar-refractivity contribution is 5.36. The summed E-state index contributed by atoms with van der Waals surface area (Å²) in [5.41, 5.74) is 0.667. The second-order valence-electron chi connectivity index (χ2n) is 5.33. The van der Waals surface area contributed by atoms with Gasteiger partial charge in [0.25, 0.3) is 5.56 Å². The summed E-state index contributed by atoms with van der Waals surface area (Å²) in [6.45, 7) is 5.69. The van der Waals surface area contributed by atoms with E-state index in [1.54, 1.807) is 12.1 Å². The van der Waals surface area contributed by atoms with Gasteiger partial charge in [-0.1, -0.05) is 13.0 Å². The van der Waals surface area contributed by atoms with E-state index in [0.29, 0.717) is 11.6 Å². The second-order valence-corrected chi connectivity index (χ2v) is 5.33. The van der Waals surface area contributed by atoms with Crippen molar-refractivity contribution in [1.29, 1.82) is 0 Å². The van der Waals surface area contributed by atoms with Crippen molar-refractivity contribution in [1.82, 2.24) is 19.5 Å². The van der Waals surface area contributed by atoms with E-state index in [1.807, 2.05) is 6.07 Å². The lowest BCUT2D eigenvalue weighted by atomic mass is 9.94. The molecule has 1 saturated heterocycles. The third-order valence-electron chi connectivity index (χ3n) is 3.96. The highest BCUT2D eigenvalue weighted by Crippen LogP contribution is 2.19. The van der Waals surface area contributed by atoms with Crippen molar-refractivity contribution in [3.63, 3.8) is 0 Å². The lowest BCUT2D eigenvalue weighted by Gasteiger charge is -2.31. The number of nitrogens with zero attached hydrogens (tertiary/aromatic N) is 3. The molecule has 5 nitrogen and oxygen atoms in total. The summed E-state index contributed by atoms with van der Waals surface area (Å²) in [5, 5.41) is 3.12. The van der Waals surface area contributed by atoms with Gasteiger partial charge < -0.3 is 4.90 Å². The summed E-state index contributed by atoms with van der Waals surface area (Å²) < 4.78 is 1.52. The fraction of sp³-hybridized carbons (Fsp3) is 0.571. The van der Waals surface area contributed by atoms with Gasteiger partial charge in [0.15, 0.2) is 5.65 Å². The van der Waals surface area contributed by atoms with E-state index in [1.165, 1.54) is 23.9 Å². The van der Waals surface area contributed by atoms with Crippen LogP contribution in [0, 0.1) is 5.92 Å². The summed E-state index contributed by atoms with van der Waals surface area (Å²) in [6, 6.07) is 5.16. The molecule has 0 radical (unpaired) electrons. The van der Waals surface area contributed by atoms with Gasteiger partial charge in [0.1, 0.15) is 5.82 Å². The normalized spacial score (nSPS) is 21.0. The maximum Gasteiger partial charge on any atom is 0.271 e. The molecule has 2 aromatic heterocycles. The molecule has 1 aliphatic heterocycles. The monoisotopic (exact) mass is 260 g/mol. The number of aromatic nitrogens is 3. The Morgan fingerprint density at radius 1 is 1.47 bits per heavy atom. The summed E-state index contributed by atoms with van der Waals surface area (Å²) in [5.74, 6) is 1.57. The van der Waals surface area contributed by atoms with Crippen LogP contribution >= 0.6 is 0 Å². The van der Waals surface area contributed by atoms with Crippen molar-refractivity contribution < 1.29 is 0 Å². The average molecular weight is 260 g/mol. The first kappa shape index (κ1) is 12.4. The SMILES string of the molecule is CCN1CCCC(Cc2nc3cccc(=O)n3[nH]2)C1. The predicted octanol–water partition coefficient (Wildman–Crippen LogP) is 1.30. The minimum absolute atomic E-state index is 0.0462. The number of pyridine rings is 1. The van der Waals surface area contributed by atoms with Crippen molar-refractivity contribution in [2.24, 2.45) is 5.92 Å². The smallest absolute Gasteiger partial charge is 0.271 e. The molecule has 0 saturated carbocycles. The topological polar surface area (TPSA) is 53.4 Å². The van der Waals surface area contributed by atoms with E-state index in [9.17, 15) is 4.79 Å². The van der Waals surface area contributed by atoms with E-state index < -0.39 is 0 Å². The van der Waals surface area contributed by atoms with Crippen LogP contribution in [0.15, 0.2) is 23.0 Å². The van der Waals surface area contributed by atoms with Crippen molar-refractivity contribution >= 4 is 5.65 Å². The Balaban J connectivity index is 1.78. The Labute approximate surface area is 112 Å². The number of rotatable bonds is 3. The summed E-state index contributed by atoms with van der Waals surface area (Å²) in [7, 11) is 0. The maximum atomic E-state index is 11.7. The number of nitrogens with one attached hydrogen (secondary N) is 1. The molecule has 1 aliphatic rings. The molecule has 0 bridgehead atoms. The van der Waals surface area contributed by atoms with Gasteiger partial charge in [-0.3, -0.25) is 9.89 Å². The molecular formula is C14H20N4O. The van der Waals surface area contributed by atoms with Crippen LogP contribution in [-0.4, -0.2) is 39.1 Å². The number of likely N-dealkylation sites (tertiary alicyclic amines) is 1. The summed E-state index contributed by atoms with van der Waals surface area (Å²) in [6.07, 6.45) is 3.44. The summed E-state index contributed by atoms with van der Waals surface area (Å²) >= 11 is 0. The molecule has 3 heterocycles. The molecule has 1 atom stereocenters. The zero-order valence-electron chi connectivity index (χ0n) is 11.3. The van der Waals surface area contributed by atoms with Gasteiger partial charge in [-0.2, -0.15) is 0 Å². The zero-order valence-corrected chi connectivity index (χ0v) is 11.3. The first-order chi connectivity index (χ1) is 9.26. The van der Waals surface area contributed by atoms with Crippen LogP contribution < -0.4 is 5.56 Å². The molecule has 3 rings (SSSR count). The fourth-order valence-corrected chi connectivity index (χ4v) is 2.94. The maximum absolute atomic E-state index is 11.7. The first-order valence-electron chi connectivity index (χ1n) is 7.05. The molecule has 1 unspecified atom stereocenters. The number of aromatic amines is 1. The van der Waals surface area contributed by atoms with Crippen LogP contribution in [0.4, 0.5) is 0 Å². The van der Waals surface area contributed by atoms with Crippen LogP contribution in [0.3, 0.4) is 0 Å². The standard InChI is InChI=1S/C14H20N4O/c1-2-17-8-4-5-11(10-17)9-12-15-13-6-3-7-14(19)18(13)16-12/h3,6-7,11H,2,4-5,8-10H2,1H3,(H,15,16). The number of piperidine rings is 1. The minimum Gasteiger partial charge on any atom is -0.303 e.